The van der Waals surface area contributed by atoms with Crippen molar-refractivity contribution in [2.75, 3.05) is 11.5 Å². The monoisotopic (exact) mass is 522 g/mol. The second-order valence-electron chi connectivity index (χ2n) is 11.0. The van der Waals surface area contributed by atoms with Crippen molar-refractivity contribution in [2.24, 2.45) is 11.8 Å². The van der Waals surface area contributed by atoms with E-state index in [-0.39, 0.29) is 48.3 Å². The molecule has 4 aliphatic rings. The van der Waals surface area contributed by atoms with Crippen LogP contribution in [-0.2, 0) is 19.1 Å². The van der Waals surface area contributed by atoms with Gasteiger partial charge in [0.15, 0.2) is 0 Å². The predicted octanol–water partition coefficient (Wildman–Crippen LogP) is 2.82. The van der Waals surface area contributed by atoms with Crippen molar-refractivity contribution in [3.8, 4) is 0 Å². The molecule has 204 valence electrons. The first-order valence-electron chi connectivity index (χ1n) is 13.6. The number of carbonyl (C=O) groups excluding carboxylic acids is 2. The minimum atomic E-state index is 0.00857. The van der Waals surface area contributed by atoms with Gasteiger partial charge in [-0.1, -0.05) is 13.8 Å². The number of ether oxygens (including phenoxy) is 2. The third kappa shape index (κ3) is 5.61. The number of nitrogen functional groups attached to an aromatic ring is 2. The van der Waals surface area contributed by atoms with E-state index in [0.717, 1.165) is 36.8 Å². The molecular weight excluding hydrogens is 484 g/mol. The Morgan fingerprint density at radius 2 is 1.18 bits per heavy atom. The Bertz CT molecular complexity index is 1070. The summed E-state index contributed by atoms with van der Waals surface area (Å²) in [6.45, 7) is 4.33. The molecule has 6 rings (SSSR count). The third-order valence-corrected chi connectivity index (χ3v) is 8.31. The van der Waals surface area contributed by atoms with Crippen LogP contribution in [-0.4, -0.2) is 46.1 Å². The number of nitrogens with one attached hydrogen (secondary N) is 2. The lowest BCUT2D eigenvalue weighted by Gasteiger charge is -2.43. The Morgan fingerprint density at radius 1 is 0.763 bits per heavy atom. The van der Waals surface area contributed by atoms with Crippen molar-refractivity contribution in [3.63, 3.8) is 0 Å². The minimum absolute atomic E-state index is 0.00857. The molecule has 0 saturated carbocycles. The van der Waals surface area contributed by atoms with E-state index in [0.29, 0.717) is 36.1 Å². The molecule has 4 saturated heterocycles. The van der Waals surface area contributed by atoms with Crippen LogP contribution in [0.15, 0.2) is 36.9 Å². The van der Waals surface area contributed by atoms with Gasteiger partial charge in [0.05, 0.1) is 60.3 Å². The van der Waals surface area contributed by atoms with Crippen LogP contribution in [0.5, 0.6) is 0 Å². The molecule has 6 N–H and O–H groups in total. The van der Waals surface area contributed by atoms with Gasteiger partial charge in [-0.05, 0) is 49.7 Å². The van der Waals surface area contributed by atoms with Crippen LogP contribution in [0, 0.1) is 11.8 Å². The zero-order chi connectivity index (χ0) is 26.8. The topological polar surface area (TPSA) is 154 Å². The molecule has 0 aromatic carbocycles. The molecule has 10 nitrogen and oxygen atoms in total. The molecule has 4 fully saturated rings. The molecule has 2 aromatic heterocycles. The maximum absolute atomic E-state index is 11.5. The molecule has 8 atom stereocenters. The zero-order valence-corrected chi connectivity index (χ0v) is 22.0. The summed E-state index contributed by atoms with van der Waals surface area (Å²) < 4.78 is 12.3. The molecule has 0 unspecified atom stereocenters. The van der Waals surface area contributed by atoms with Crippen LogP contribution in [0.3, 0.4) is 0 Å². The normalized spacial score (nSPS) is 34.5. The van der Waals surface area contributed by atoms with Gasteiger partial charge < -0.3 is 31.6 Å². The Morgan fingerprint density at radius 3 is 1.58 bits per heavy atom. The van der Waals surface area contributed by atoms with E-state index in [1.807, 2.05) is 12.1 Å². The van der Waals surface area contributed by atoms with Crippen molar-refractivity contribution in [1.29, 1.82) is 0 Å². The smallest absolute Gasteiger partial charge is 0.220 e. The minimum Gasteiger partial charge on any atom is -0.397 e. The number of nitrogens with zero attached hydrogens (tertiary/aromatic N) is 2. The molecule has 2 aromatic rings. The Kier molecular flexibility index (Phi) is 7.80. The van der Waals surface area contributed by atoms with Gasteiger partial charge in [0, 0.05) is 36.4 Å². The van der Waals surface area contributed by atoms with Gasteiger partial charge in [-0.25, -0.2) is 0 Å². The number of fused-ring (bicyclic) bond motifs is 2. The number of amides is 2. The number of rotatable bonds is 2. The number of hydrogen-bond donors (Lipinski definition) is 4. The molecule has 0 aliphatic carbocycles. The fraction of sp³-hybridized carbons (Fsp3) is 0.571. The average molecular weight is 523 g/mol. The van der Waals surface area contributed by atoms with Gasteiger partial charge in [-0.2, -0.15) is 0 Å². The SMILES string of the molecule is C[C@@H]1C[C@H](c2ccncc2N)O[C@@H]2CCC(=O)N[C@@H]12.C[C@@H]1C[C@H](c2ccncc2N)O[C@@H]2CCC(=O)N[C@H]12. The highest BCUT2D eigenvalue weighted by molar-refractivity contribution is 5.77. The van der Waals surface area contributed by atoms with E-state index in [4.69, 9.17) is 20.9 Å². The van der Waals surface area contributed by atoms with E-state index >= 15 is 0 Å². The summed E-state index contributed by atoms with van der Waals surface area (Å²) in [6.07, 6.45) is 11.5. The summed E-state index contributed by atoms with van der Waals surface area (Å²) in [6, 6.07) is 4.13. The second-order valence-corrected chi connectivity index (χ2v) is 11.0. The standard InChI is InChI=1S/2C14H19N3O2/c2*1-8-6-12(9-4-5-16-7-10(9)15)19-11-2-3-13(18)17-14(8)11/h2*4-5,7-8,11-12,14H,2-3,6,15H2,1H3,(H,17,18)/t8-,11-,12-,14+;8-,11-,12-,14-/m11/s1. The first kappa shape index (κ1) is 26.4. The average Bonchev–Trinajstić information content (AvgIpc) is 2.90. The fourth-order valence-corrected chi connectivity index (χ4v) is 6.25. The Labute approximate surface area is 223 Å². The van der Waals surface area contributed by atoms with Crippen molar-refractivity contribution in [1.82, 2.24) is 20.6 Å². The Hall–Kier alpha value is -3.24. The first-order valence-corrected chi connectivity index (χ1v) is 13.6. The summed E-state index contributed by atoms with van der Waals surface area (Å²) in [7, 11) is 0. The highest BCUT2D eigenvalue weighted by atomic mass is 16.5. The number of aromatic nitrogens is 2. The van der Waals surface area contributed by atoms with E-state index < -0.39 is 0 Å². The summed E-state index contributed by atoms with van der Waals surface area (Å²) in [4.78, 5) is 31.0. The van der Waals surface area contributed by atoms with Crippen LogP contribution in [0.2, 0.25) is 0 Å². The lowest BCUT2D eigenvalue weighted by Crippen LogP contribution is -2.55. The second kappa shape index (κ2) is 11.2. The number of pyridine rings is 2. The molecule has 0 radical (unpaired) electrons. The van der Waals surface area contributed by atoms with E-state index in [1.54, 1.807) is 24.8 Å². The Balaban J connectivity index is 0.000000155. The highest BCUT2D eigenvalue weighted by Gasteiger charge is 2.41. The van der Waals surface area contributed by atoms with Gasteiger partial charge in [0.25, 0.3) is 0 Å². The van der Waals surface area contributed by atoms with Crippen molar-refractivity contribution >= 4 is 23.2 Å². The van der Waals surface area contributed by atoms with Crippen LogP contribution >= 0.6 is 0 Å². The zero-order valence-electron chi connectivity index (χ0n) is 22.0. The van der Waals surface area contributed by atoms with Crippen LogP contribution < -0.4 is 22.1 Å². The van der Waals surface area contributed by atoms with Crippen LogP contribution in [0.4, 0.5) is 11.4 Å². The summed E-state index contributed by atoms with van der Waals surface area (Å²) in [5.74, 6) is 1.05. The van der Waals surface area contributed by atoms with Crippen molar-refractivity contribution < 1.29 is 19.1 Å². The molecule has 10 heteroatoms. The van der Waals surface area contributed by atoms with Crippen LogP contribution in [0.25, 0.3) is 0 Å². The molecular formula is C28H38N6O4. The van der Waals surface area contributed by atoms with E-state index in [2.05, 4.69) is 34.4 Å². The van der Waals surface area contributed by atoms with Gasteiger partial charge in [-0.3, -0.25) is 19.6 Å². The third-order valence-electron chi connectivity index (χ3n) is 8.31. The molecule has 0 bridgehead atoms. The van der Waals surface area contributed by atoms with Gasteiger partial charge in [0.1, 0.15) is 0 Å². The van der Waals surface area contributed by atoms with E-state index in [9.17, 15) is 9.59 Å². The number of hydrogen-bond acceptors (Lipinski definition) is 8. The molecule has 0 spiro atoms. The molecule has 6 heterocycles. The molecule has 38 heavy (non-hydrogen) atoms. The molecule has 4 aliphatic heterocycles. The number of carbonyl (C=O) groups is 2. The summed E-state index contributed by atoms with van der Waals surface area (Å²) in [5.41, 5.74) is 15.3. The maximum atomic E-state index is 11.5. The van der Waals surface area contributed by atoms with Crippen LogP contribution in [0.1, 0.15) is 75.7 Å². The lowest BCUT2D eigenvalue weighted by atomic mass is 9.82. The largest absolute Gasteiger partial charge is 0.397 e. The predicted molar refractivity (Wildman–Crippen MR) is 142 cm³/mol. The van der Waals surface area contributed by atoms with Gasteiger partial charge >= 0.3 is 0 Å². The quantitative estimate of drug-likeness (QED) is 0.469. The lowest BCUT2D eigenvalue weighted by molar-refractivity contribution is -0.140. The van der Waals surface area contributed by atoms with E-state index in [1.165, 1.54) is 0 Å². The maximum Gasteiger partial charge on any atom is 0.220 e. The van der Waals surface area contributed by atoms with Crippen molar-refractivity contribution in [2.45, 2.75) is 88.9 Å². The first-order chi connectivity index (χ1) is 18.3. The number of anilines is 2. The summed E-state index contributed by atoms with van der Waals surface area (Å²) >= 11 is 0. The molecule has 2 amide bonds. The van der Waals surface area contributed by atoms with Gasteiger partial charge in [0.2, 0.25) is 11.8 Å². The number of piperidine rings is 2. The summed E-state index contributed by atoms with van der Waals surface area (Å²) in [5, 5.41) is 6.09. The van der Waals surface area contributed by atoms with Gasteiger partial charge in [-0.15, -0.1) is 0 Å². The van der Waals surface area contributed by atoms with Crippen molar-refractivity contribution in [3.05, 3.63) is 48.0 Å². The fourth-order valence-electron chi connectivity index (χ4n) is 6.25. The highest BCUT2D eigenvalue weighted by Crippen LogP contribution is 2.40. The number of nitrogens with two attached hydrogens (primary N) is 2.